The van der Waals surface area contributed by atoms with E-state index in [0.29, 0.717) is 63.2 Å². The normalized spacial score (nSPS) is 17.6. The largest absolute Gasteiger partial charge is 0.462 e. The van der Waals surface area contributed by atoms with E-state index in [2.05, 4.69) is 0 Å². The second kappa shape index (κ2) is 11.4. The molecule has 2 aliphatic heterocycles. The predicted molar refractivity (Wildman–Crippen MR) is 123 cm³/mol. The van der Waals surface area contributed by atoms with Crippen LogP contribution in [-0.4, -0.2) is 74.6 Å². The smallest absolute Gasteiger partial charge is 0.341 e. The van der Waals surface area contributed by atoms with Gasteiger partial charge in [0.2, 0.25) is 0 Å². The summed E-state index contributed by atoms with van der Waals surface area (Å²) in [6.07, 6.45) is 1.90. The van der Waals surface area contributed by atoms with Crippen LogP contribution in [-0.2, 0) is 19.0 Å². The summed E-state index contributed by atoms with van der Waals surface area (Å²) < 4.78 is 16.0. The molecule has 0 aromatic heterocycles. The van der Waals surface area contributed by atoms with Gasteiger partial charge in [0, 0.05) is 45.9 Å². The van der Waals surface area contributed by atoms with Crippen LogP contribution in [0, 0.1) is 0 Å². The number of hydrogen-bond acceptors (Lipinski definition) is 9. The Morgan fingerprint density at radius 3 is 1.67 bits per heavy atom. The zero-order chi connectivity index (χ0) is 24.0. The summed E-state index contributed by atoms with van der Waals surface area (Å²) in [6, 6.07) is 3.70. The number of piperidine rings is 2. The molecule has 9 heteroatoms. The Morgan fingerprint density at radius 2 is 1.27 bits per heavy atom. The number of aliphatic hydroxyl groups excluding tert-OH is 1. The summed E-state index contributed by atoms with van der Waals surface area (Å²) >= 11 is 0. The summed E-state index contributed by atoms with van der Waals surface area (Å²) in [6.45, 7) is 7.49. The Balaban J connectivity index is 2.02. The van der Waals surface area contributed by atoms with Crippen molar-refractivity contribution >= 4 is 29.3 Å². The molecule has 2 heterocycles. The fourth-order valence-corrected chi connectivity index (χ4v) is 4.48. The van der Waals surface area contributed by atoms with E-state index in [1.165, 1.54) is 6.92 Å². The lowest BCUT2D eigenvalue weighted by atomic mass is 9.97. The van der Waals surface area contributed by atoms with Crippen LogP contribution in [0.5, 0.6) is 0 Å². The van der Waals surface area contributed by atoms with Crippen LogP contribution in [0.4, 0.5) is 11.4 Å². The highest BCUT2D eigenvalue weighted by Crippen LogP contribution is 2.36. The molecule has 0 amide bonds. The monoisotopic (exact) mass is 462 g/mol. The van der Waals surface area contributed by atoms with Gasteiger partial charge in [-0.2, -0.15) is 0 Å². The molecule has 3 rings (SSSR count). The minimum absolute atomic E-state index is 0.159. The van der Waals surface area contributed by atoms with Crippen molar-refractivity contribution in [2.45, 2.75) is 58.7 Å². The maximum atomic E-state index is 13.2. The number of benzene rings is 1. The first kappa shape index (κ1) is 24.8. The topological polar surface area (TPSA) is 106 Å². The summed E-state index contributed by atoms with van der Waals surface area (Å²) in [4.78, 5) is 41.6. The molecule has 0 bridgehead atoms. The fourth-order valence-electron chi connectivity index (χ4n) is 4.48. The van der Waals surface area contributed by atoms with Crippen molar-refractivity contribution in [2.24, 2.45) is 0 Å². The van der Waals surface area contributed by atoms with Crippen molar-refractivity contribution in [2.75, 3.05) is 49.2 Å². The van der Waals surface area contributed by atoms with Gasteiger partial charge in [-0.15, -0.1) is 0 Å². The minimum atomic E-state index is -0.573. The third-order valence-corrected chi connectivity index (χ3v) is 6.04. The highest BCUT2D eigenvalue weighted by Gasteiger charge is 2.33. The Bertz CT molecular complexity index is 857. The van der Waals surface area contributed by atoms with E-state index in [1.807, 2.05) is 21.9 Å². The molecule has 9 nitrogen and oxygen atoms in total. The van der Waals surface area contributed by atoms with E-state index in [0.717, 1.165) is 0 Å². The molecule has 2 aliphatic rings. The van der Waals surface area contributed by atoms with Crippen LogP contribution in [0.3, 0.4) is 0 Å². The van der Waals surface area contributed by atoms with Gasteiger partial charge < -0.3 is 29.1 Å². The number of esters is 3. The molecule has 1 aromatic carbocycles. The van der Waals surface area contributed by atoms with Gasteiger partial charge in [-0.25, -0.2) is 9.59 Å². The molecular weight excluding hydrogens is 428 g/mol. The van der Waals surface area contributed by atoms with Crippen molar-refractivity contribution < 1.29 is 33.7 Å². The van der Waals surface area contributed by atoms with Crippen LogP contribution in [0.25, 0.3) is 0 Å². The average molecular weight is 463 g/mol. The number of carbonyl (C=O) groups is 3. The molecular formula is C24H34N2O7. The number of rotatable bonds is 7. The lowest BCUT2D eigenvalue weighted by molar-refractivity contribution is -0.147. The maximum absolute atomic E-state index is 13.2. The van der Waals surface area contributed by atoms with E-state index in [4.69, 9.17) is 14.2 Å². The molecule has 1 aromatic rings. The second-order valence-electron chi connectivity index (χ2n) is 8.31. The third-order valence-electron chi connectivity index (χ3n) is 6.04. The predicted octanol–water partition coefficient (Wildman–Crippen LogP) is 2.53. The van der Waals surface area contributed by atoms with Crippen molar-refractivity contribution in [1.82, 2.24) is 0 Å². The first-order valence-corrected chi connectivity index (χ1v) is 11.7. The number of anilines is 2. The maximum Gasteiger partial charge on any atom is 0.341 e. The Hall–Kier alpha value is -2.81. The molecule has 0 spiro atoms. The van der Waals surface area contributed by atoms with Crippen LogP contribution < -0.4 is 9.80 Å². The van der Waals surface area contributed by atoms with Crippen LogP contribution >= 0.6 is 0 Å². The van der Waals surface area contributed by atoms with E-state index in [-0.39, 0.29) is 42.5 Å². The number of hydrogen-bond donors (Lipinski definition) is 1. The average Bonchev–Trinajstić information content (AvgIpc) is 2.79. The van der Waals surface area contributed by atoms with E-state index in [9.17, 15) is 19.5 Å². The molecule has 0 unspecified atom stereocenters. The molecule has 2 saturated heterocycles. The van der Waals surface area contributed by atoms with Gasteiger partial charge in [-0.05, 0) is 38.8 Å². The van der Waals surface area contributed by atoms with Crippen molar-refractivity contribution in [3.05, 3.63) is 23.3 Å². The molecule has 33 heavy (non-hydrogen) atoms. The number of carbonyl (C=O) groups excluding carboxylic acids is 3. The van der Waals surface area contributed by atoms with E-state index >= 15 is 0 Å². The highest BCUT2D eigenvalue weighted by molar-refractivity contribution is 6.11. The second-order valence-corrected chi connectivity index (χ2v) is 8.31. The molecule has 0 atom stereocenters. The Labute approximate surface area is 194 Å². The van der Waals surface area contributed by atoms with Crippen LogP contribution in [0.1, 0.15) is 67.2 Å². The molecule has 0 saturated carbocycles. The number of aliphatic hydroxyl groups is 1. The van der Waals surface area contributed by atoms with Gasteiger partial charge in [0.05, 0.1) is 41.8 Å². The van der Waals surface area contributed by atoms with Crippen molar-refractivity contribution in [3.63, 3.8) is 0 Å². The molecule has 2 fully saturated rings. The molecule has 1 N–H and O–H groups in total. The van der Waals surface area contributed by atoms with Crippen LogP contribution in [0.2, 0.25) is 0 Å². The third kappa shape index (κ3) is 5.96. The molecule has 182 valence electrons. The summed E-state index contributed by atoms with van der Waals surface area (Å²) in [7, 11) is 0. The zero-order valence-electron chi connectivity index (χ0n) is 19.7. The highest BCUT2D eigenvalue weighted by atomic mass is 16.5. The Kier molecular flexibility index (Phi) is 8.55. The standard InChI is InChI=1S/C24H34N2O7/c1-4-31-23(29)21-19(25-12-8-17(28)9-13-25)6-7-20(22(21)24(30)32-5-2)26-14-10-18(11-15-26)33-16(3)27/h6-7,17-18,28H,4-5,8-15H2,1-3H3. The molecule has 0 radical (unpaired) electrons. The van der Waals surface area contributed by atoms with Gasteiger partial charge >= 0.3 is 17.9 Å². The number of nitrogens with zero attached hydrogens (tertiary/aromatic N) is 2. The van der Waals surface area contributed by atoms with Gasteiger partial charge in [0.15, 0.2) is 0 Å². The summed E-state index contributed by atoms with van der Waals surface area (Å²) in [5.41, 5.74) is 1.62. The van der Waals surface area contributed by atoms with Crippen molar-refractivity contribution in [1.29, 1.82) is 0 Å². The summed E-state index contributed by atoms with van der Waals surface area (Å²) in [5.74, 6) is -1.45. The van der Waals surface area contributed by atoms with Crippen LogP contribution in [0.15, 0.2) is 12.1 Å². The van der Waals surface area contributed by atoms with Crippen molar-refractivity contribution in [3.8, 4) is 0 Å². The first-order chi connectivity index (χ1) is 15.8. The Morgan fingerprint density at radius 1 is 0.848 bits per heavy atom. The minimum Gasteiger partial charge on any atom is -0.462 e. The van der Waals surface area contributed by atoms with Gasteiger partial charge in [0.25, 0.3) is 0 Å². The fraction of sp³-hybridized carbons (Fsp3) is 0.625. The quantitative estimate of drug-likeness (QED) is 0.483. The number of ether oxygens (including phenoxy) is 3. The van der Waals surface area contributed by atoms with E-state index in [1.54, 1.807) is 13.8 Å². The molecule has 0 aliphatic carbocycles. The SMILES string of the molecule is CCOC(=O)c1c(N2CCC(O)CC2)ccc(N2CCC(OC(C)=O)CC2)c1C(=O)OCC. The zero-order valence-corrected chi connectivity index (χ0v) is 19.7. The van der Waals surface area contributed by atoms with Gasteiger partial charge in [-0.1, -0.05) is 0 Å². The van der Waals surface area contributed by atoms with E-state index < -0.39 is 11.9 Å². The lowest BCUT2D eigenvalue weighted by Gasteiger charge is -2.36. The lowest BCUT2D eigenvalue weighted by Crippen LogP contribution is -2.40. The van der Waals surface area contributed by atoms with Gasteiger partial charge in [-0.3, -0.25) is 4.79 Å². The summed E-state index contributed by atoms with van der Waals surface area (Å²) in [5, 5.41) is 9.91. The van der Waals surface area contributed by atoms with Gasteiger partial charge in [0.1, 0.15) is 6.10 Å². The first-order valence-electron chi connectivity index (χ1n) is 11.7.